The minimum atomic E-state index is -0.0226. The zero-order valence-electron chi connectivity index (χ0n) is 16.3. The molecule has 0 spiro atoms. The fourth-order valence-corrected chi connectivity index (χ4v) is 2.78. The van der Waals surface area contributed by atoms with Gasteiger partial charge >= 0.3 is 0 Å². The lowest BCUT2D eigenvalue weighted by Crippen LogP contribution is -2.39. The molecule has 1 aromatic carbocycles. The van der Waals surface area contributed by atoms with Crippen molar-refractivity contribution in [3.8, 4) is 11.5 Å². The molecule has 4 heteroatoms. The van der Waals surface area contributed by atoms with E-state index in [1.165, 1.54) is 0 Å². The van der Waals surface area contributed by atoms with Crippen molar-refractivity contribution in [3.05, 3.63) is 23.8 Å². The molecule has 1 unspecified atom stereocenters. The molecule has 1 aromatic rings. The van der Waals surface area contributed by atoms with Crippen LogP contribution in [0, 0.1) is 5.41 Å². The summed E-state index contributed by atoms with van der Waals surface area (Å²) < 4.78 is 10.7. The number of hydrogen-bond acceptors (Lipinski definition) is 3. The van der Waals surface area contributed by atoms with Crippen LogP contribution in [0.15, 0.2) is 18.2 Å². The second-order valence-electron chi connectivity index (χ2n) is 7.57. The molecule has 0 saturated heterocycles. The Labute approximate surface area is 147 Å². The van der Waals surface area contributed by atoms with E-state index in [0.717, 1.165) is 29.9 Å². The van der Waals surface area contributed by atoms with Crippen molar-refractivity contribution in [1.82, 2.24) is 4.90 Å². The molecule has 0 saturated carbocycles. The molecule has 0 radical (unpaired) electrons. The molecule has 1 rings (SSSR count). The first-order chi connectivity index (χ1) is 11.2. The summed E-state index contributed by atoms with van der Waals surface area (Å²) in [4.78, 5) is 14.8. The Kier molecular flexibility index (Phi) is 7.59. The highest BCUT2D eigenvalue weighted by Crippen LogP contribution is 2.28. The fourth-order valence-electron chi connectivity index (χ4n) is 2.78. The van der Waals surface area contributed by atoms with Crippen LogP contribution >= 0.6 is 0 Å². The summed E-state index contributed by atoms with van der Waals surface area (Å²) >= 11 is 0. The third-order valence-electron chi connectivity index (χ3n) is 4.08. The van der Waals surface area contributed by atoms with Gasteiger partial charge in [-0.1, -0.05) is 34.1 Å². The highest BCUT2D eigenvalue weighted by molar-refractivity contribution is 5.77. The number of benzene rings is 1. The maximum Gasteiger partial charge on any atom is 0.223 e. The molecule has 0 aliphatic rings. The maximum absolute atomic E-state index is 12.9. The Morgan fingerprint density at radius 1 is 1.21 bits per heavy atom. The van der Waals surface area contributed by atoms with Crippen molar-refractivity contribution >= 4 is 5.91 Å². The molecule has 0 aromatic heterocycles. The molecular weight excluding hydrogens is 302 g/mol. The second-order valence-corrected chi connectivity index (χ2v) is 7.57. The van der Waals surface area contributed by atoms with Crippen LogP contribution in [-0.4, -0.2) is 31.1 Å². The highest BCUT2D eigenvalue weighted by atomic mass is 16.5. The lowest BCUT2D eigenvalue weighted by molar-refractivity contribution is -0.136. The maximum atomic E-state index is 12.9. The number of carbonyl (C=O) groups is 1. The van der Waals surface area contributed by atoms with Crippen LogP contribution < -0.4 is 9.47 Å². The van der Waals surface area contributed by atoms with Gasteiger partial charge in [-0.3, -0.25) is 4.79 Å². The predicted octanol–water partition coefficient (Wildman–Crippen LogP) is 4.66. The number of rotatable bonds is 8. The molecule has 0 aliphatic heterocycles. The van der Waals surface area contributed by atoms with Crippen LogP contribution in [0.1, 0.15) is 59.4 Å². The van der Waals surface area contributed by atoms with Gasteiger partial charge in [-0.05, 0) is 30.9 Å². The van der Waals surface area contributed by atoms with E-state index in [9.17, 15) is 4.79 Å². The normalized spacial score (nSPS) is 12.6. The fraction of sp³-hybridized carbons (Fsp3) is 0.650. The summed E-state index contributed by atoms with van der Waals surface area (Å²) in [5, 5.41) is 0. The zero-order valence-corrected chi connectivity index (χ0v) is 16.3. The zero-order chi connectivity index (χ0) is 18.3. The van der Waals surface area contributed by atoms with Crippen LogP contribution in [0.25, 0.3) is 0 Å². The SMILES string of the molecule is CCCC(C)N(Cc1ccc(OC)cc1OC)C(=O)CC(C)(C)C. The number of carbonyl (C=O) groups excluding carboxylic acids is 1. The summed E-state index contributed by atoms with van der Waals surface area (Å²) in [6, 6.07) is 5.96. The number of hydrogen-bond donors (Lipinski definition) is 0. The average molecular weight is 335 g/mol. The van der Waals surface area contributed by atoms with Gasteiger partial charge < -0.3 is 14.4 Å². The van der Waals surface area contributed by atoms with E-state index in [1.54, 1.807) is 14.2 Å². The van der Waals surface area contributed by atoms with E-state index in [2.05, 4.69) is 34.6 Å². The molecule has 0 heterocycles. The third kappa shape index (κ3) is 6.06. The third-order valence-corrected chi connectivity index (χ3v) is 4.08. The molecule has 0 aliphatic carbocycles. The molecule has 0 N–H and O–H groups in total. The van der Waals surface area contributed by atoms with Gasteiger partial charge in [0, 0.05) is 30.6 Å². The van der Waals surface area contributed by atoms with Gasteiger partial charge in [0.25, 0.3) is 0 Å². The lowest BCUT2D eigenvalue weighted by Gasteiger charge is -2.32. The molecule has 4 nitrogen and oxygen atoms in total. The van der Waals surface area contributed by atoms with E-state index in [4.69, 9.17) is 9.47 Å². The van der Waals surface area contributed by atoms with E-state index in [1.807, 2.05) is 23.1 Å². The van der Waals surface area contributed by atoms with Crippen LogP contribution in [-0.2, 0) is 11.3 Å². The van der Waals surface area contributed by atoms with Gasteiger partial charge in [-0.25, -0.2) is 0 Å². The van der Waals surface area contributed by atoms with Crippen LogP contribution in [0.5, 0.6) is 11.5 Å². The molecule has 1 amide bonds. The van der Waals surface area contributed by atoms with Gasteiger partial charge in [0.15, 0.2) is 0 Å². The highest BCUT2D eigenvalue weighted by Gasteiger charge is 2.25. The number of methoxy groups -OCH3 is 2. The van der Waals surface area contributed by atoms with E-state index >= 15 is 0 Å². The summed E-state index contributed by atoms with van der Waals surface area (Å²) in [5.41, 5.74) is 0.981. The Morgan fingerprint density at radius 3 is 2.38 bits per heavy atom. The first-order valence-corrected chi connectivity index (χ1v) is 8.72. The van der Waals surface area contributed by atoms with Gasteiger partial charge in [0.05, 0.1) is 14.2 Å². The van der Waals surface area contributed by atoms with Crippen molar-refractivity contribution in [3.63, 3.8) is 0 Å². The Hall–Kier alpha value is -1.71. The van der Waals surface area contributed by atoms with Crippen LogP contribution in [0.3, 0.4) is 0 Å². The van der Waals surface area contributed by atoms with Gasteiger partial charge in [-0.15, -0.1) is 0 Å². The lowest BCUT2D eigenvalue weighted by atomic mass is 9.91. The van der Waals surface area contributed by atoms with Crippen LogP contribution in [0.2, 0.25) is 0 Å². The first-order valence-electron chi connectivity index (χ1n) is 8.72. The topological polar surface area (TPSA) is 38.8 Å². The molecule has 1 atom stereocenters. The van der Waals surface area contributed by atoms with Crippen molar-refractivity contribution in [1.29, 1.82) is 0 Å². The molecular formula is C20H33NO3. The van der Waals surface area contributed by atoms with Crippen LogP contribution in [0.4, 0.5) is 0 Å². The van der Waals surface area contributed by atoms with Gasteiger partial charge in [0.1, 0.15) is 11.5 Å². The quantitative estimate of drug-likeness (QED) is 0.693. The van der Waals surface area contributed by atoms with Crippen molar-refractivity contribution in [2.24, 2.45) is 5.41 Å². The Bertz CT molecular complexity index is 534. The van der Waals surface area contributed by atoms with Gasteiger partial charge in [-0.2, -0.15) is 0 Å². The summed E-state index contributed by atoms with van der Waals surface area (Å²) in [6.45, 7) is 11.1. The standard InChI is InChI=1S/C20H33NO3/c1-8-9-15(2)21(19(22)13-20(3,4)5)14-16-10-11-17(23-6)12-18(16)24-7/h10-12,15H,8-9,13-14H2,1-7H3. The first kappa shape index (κ1) is 20.3. The van der Waals surface area contributed by atoms with Crippen molar-refractivity contribution in [2.75, 3.05) is 14.2 Å². The molecule has 136 valence electrons. The van der Waals surface area contributed by atoms with E-state index in [0.29, 0.717) is 13.0 Å². The summed E-state index contributed by atoms with van der Waals surface area (Å²) in [5.74, 6) is 1.71. The largest absolute Gasteiger partial charge is 0.497 e. The minimum absolute atomic E-state index is 0.0226. The number of amides is 1. The predicted molar refractivity (Wildman–Crippen MR) is 98.5 cm³/mol. The van der Waals surface area contributed by atoms with E-state index < -0.39 is 0 Å². The second kappa shape index (κ2) is 8.95. The average Bonchev–Trinajstić information content (AvgIpc) is 2.50. The Balaban J connectivity index is 3.06. The summed E-state index contributed by atoms with van der Waals surface area (Å²) in [6.07, 6.45) is 2.59. The molecule has 0 bridgehead atoms. The molecule has 24 heavy (non-hydrogen) atoms. The number of ether oxygens (including phenoxy) is 2. The Morgan fingerprint density at radius 2 is 1.88 bits per heavy atom. The number of nitrogens with zero attached hydrogens (tertiary/aromatic N) is 1. The summed E-state index contributed by atoms with van der Waals surface area (Å²) in [7, 11) is 3.28. The van der Waals surface area contributed by atoms with Gasteiger partial charge in [0.2, 0.25) is 5.91 Å². The molecule has 0 fully saturated rings. The smallest absolute Gasteiger partial charge is 0.223 e. The van der Waals surface area contributed by atoms with E-state index in [-0.39, 0.29) is 17.4 Å². The minimum Gasteiger partial charge on any atom is -0.497 e. The van der Waals surface area contributed by atoms with Crippen molar-refractivity contribution in [2.45, 2.75) is 66.5 Å². The van der Waals surface area contributed by atoms with Crippen molar-refractivity contribution < 1.29 is 14.3 Å². The monoisotopic (exact) mass is 335 g/mol.